The summed E-state index contributed by atoms with van der Waals surface area (Å²) < 4.78 is 40.2. The molecule has 2 aromatic carbocycles. The van der Waals surface area contributed by atoms with Crippen molar-refractivity contribution in [2.45, 2.75) is 18.4 Å². The number of nitrogens with zero attached hydrogens (tertiary/aromatic N) is 2. The topological polar surface area (TPSA) is 72.0 Å². The SMILES string of the molecule is Cc1cc(S(=O)(=O)NCc2cnc3ccccc3n2)ccc1F. The Kier molecular flexibility index (Phi) is 4.06. The first kappa shape index (κ1) is 15.5. The maximum atomic E-state index is 13.3. The van der Waals surface area contributed by atoms with Gasteiger partial charge in [-0.05, 0) is 42.8 Å². The molecule has 0 fully saturated rings. The Hall–Kier alpha value is -2.38. The molecule has 23 heavy (non-hydrogen) atoms. The minimum atomic E-state index is -3.74. The van der Waals surface area contributed by atoms with Gasteiger partial charge in [-0.25, -0.2) is 22.5 Å². The average Bonchev–Trinajstić information content (AvgIpc) is 2.55. The van der Waals surface area contributed by atoms with Gasteiger partial charge in [0.05, 0.1) is 34.4 Å². The van der Waals surface area contributed by atoms with E-state index in [1.165, 1.54) is 25.3 Å². The fourth-order valence-electron chi connectivity index (χ4n) is 2.12. The number of benzene rings is 2. The van der Waals surface area contributed by atoms with E-state index < -0.39 is 15.8 Å². The van der Waals surface area contributed by atoms with Crippen molar-refractivity contribution < 1.29 is 12.8 Å². The molecule has 118 valence electrons. The van der Waals surface area contributed by atoms with Crippen LogP contribution in [0.4, 0.5) is 4.39 Å². The second-order valence-electron chi connectivity index (χ2n) is 5.09. The predicted molar refractivity (Wildman–Crippen MR) is 84.7 cm³/mol. The second kappa shape index (κ2) is 6.02. The number of halogens is 1. The van der Waals surface area contributed by atoms with Gasteiger partial charge in [-0.1, -0.05) is 12.1 Å². The molecule has 1 heterocycles. The predicted octanol–water partition coefficient (Wildman–Crippen LogP) is 2.56. The molecule has 0 saturated carbocycles. The third-order valence-corrected chi connectivity index (χ3v) is 4.78. The van der Waals surface area contributed by atoms with Gasteiger partial charge in [-0.15, -0.1) is 0 Å². The average molecular weight is 331 g/mol. The van der Waals surface area contributed by atoms with Crippen LogP contribution >= 0.6 is 0 Å². The smallest absolute Gasteiger partial charge is 0.240 e. The molecule has 0 aliphatic carbocycles. The molecular formula is C16H14FN3O2S. The van der Waals surface area contributed by atoms with Crippen molar-refractivity contribution >= 4 is 21.1 Å². The van der Waals surface area contributed by atoms with Crippen LogP contribution in [0.5, 0.6) is 0 Å². The summed E-state index contributed by atoms with van der Waals surface area (Å²) in [7, 11) is -3.74. The molecule has 0 saturated heterocycles. The third-order valence-electron chi connectivity index (χ3n) is 3.38. The lowest BCUT2D eigenvalue weighted by molar-refractivity contribution is 0.579. The first-order valence-electron chi connectivity index (χ1n) is 6.92. The van der Waals surface area contributed by atoms with Gasteiger partial charge in [0.25, 0.3) is 0 Å². The third kappa shape index (κ3) is 3.35. The molecule has 1 aromatic heterocycles. The summed E-state index contributed by atoms with van der Waals surface area (Å²) in [5, 5.41) is 0. The summed E-state index contributed by atoms with van der Waals surface area (Å²) >= 11 is 0. The maximum absolute atomic E-state index is 13.3. The maximum Gasteiger partial charge on any atom is 0.240 e. The van der Waals surface area contributed by atoms with Gasteiger partial charge < -0.3 is 0 Å². The Labute approximate surface area is 133 Å². The van der Waals surface area contributed by atoms with Crippen molar-refractivity contribution in [2.24, 2.45) is 0 Å². The molecule has 7 heteroatoms. The molecule has 0 aliphatic heterocycles. The number of hydrogen-bond donors (Lipinski definition) is 1. The number of fused-ring (bicyclic) bond motifs is 1. The Bertz CT molecular complexity index is 974. The van der Waals surface area contributed by atoms with Crippen LogP contribution < -0.4 is 4.72 Å². The van der Waals surface area contributed by atoms with Gasteiger partial charge in [0.15, 0.2) is 0 Å². The number of aromatic nitrogens is 2. The molecule has 1 N–H and O–H groups in total. The Morgan fingerprint density at radius 3 is 2.61 bits per heavy atom. The van der Waals surface area contributed by atoms with E-state index in [1.807, 2.05) is 24.3 Å². The lowest BCUT2D eigenvalue weighted by Crippen LogP contribution is -2.24. The quantitative estimate of drug-likeness (QED) is 0.797. The number of rotatable bonds is 4. The summed E-state index contributed by atoms with van der Waals surface area (Å²) in [5.74, 6) is -0.440. The van der Waals surface area contributed by atoms with Gasteiger partial charge in [0.1, 0.15) is 5.82 Å². The minimum absolute atomic E-state index is 0.0105. The number of aryl methyl sites for hydroxylation is 1. The lowest BCUT2D eigenvalue weighted by atomic mass is 10.2. The van der Waals surface area contributed by atoms with Crippen molar-refractivity contribution in [1.29, 1.82) is 0 Å². The molecular weight excluding hydrogens is 317 g/mol. The fourth-order valence-corrected chi connectivity index (χ4v) is 3.20. The summed E-state index contributed by atoms with van der Waals surface area (Å²) in [4.78, 5) is 8.61. The molecule has 0 radical (unpaired) electrons. The van der Waals surface area contributed by atoms with E-state index in [0.29, 0.717) is 11.2 Å². The van der Waals surface area contributed by atoms with Crippen molar-refractivity contribution in [3.63, 3.8) is 0 Å². The van der Waals surface area contributed by atoms with E-state index in [-0.39, 0.29) is 17.0 Å². The molecule has 0 aliphatic rings. The summed E-state index contributed by atoms with van der Waals surface area (Å²) in [5.41, 5.74) is 2.22. The van der Waals surface area contributed by atoms with E-state index in [4.69, 9.17) is 0 Å². The van der Waals surface area contributed by atoms with E-state index in [9.17, 15) is 12.8 Å². The van der Waals surface area contributed by atoms with E-state index in [0.717, 1.165) is 11.6 Å². The molecule has 3 aromatic rings. The highest BCUT2D eigenvalue weighted by molar-refractivity contribution is 7.89. The highest BCUT2D eigenvalue weighted by atomic mass is 32.2. The molecule has 0 bridgehead atoms. The minimum Gasteiger partial charge on any atom is -0.253 e. The van der Waals surface area contributed by atoms with Crippen LogP contribution in [0.2, 0.25) is 0 Å². The Balaban J connectivity index is 1.81. The lowest BCUT2D eigenvalue weighted by Gasteiger charge is -2.08. The van der Waals surface area contributed by atoms with Crippen LogP contribution in [0.1, 0.15) is 11.3 Å². The van der Waals surface area contributed by atoms with Crippen LogP contribution in [-0.2, 0) is 16.6 Å². The van der Waals surface area contributed by atoms with E-state index >= 15 is 0 Å². The largest absolute Gasteiger partial charge is 0.253 e. The van der Waals surface area contributed by atoms with Crippen molar-refractivity contribution in [3.8, 4) is 0 Å². The zero-order valence-electron chi connectivity index (χ0n) is 12.3. The van der Waals surface area contributed by atoms with Crippen molar-refractivity contribution in [3.05, 3.63) is 65.7 Å². The summed E-state index contributed by atoms with van der Waals surface area (Å²) in [6.07, 6.45) is 1.53. The number of para-hydroxylation sites is 2. The molecule has 0 atom stereocenters. The van der Waals surface area contributed by atoms with Crippen LogP contribution in [0.25, 0.3) is 11.0 Å². The Morgan fingerprint density at radius 1 is 1.13 bits per heavy atom. The summed E-state index contributed by atoms with van der Waals surface area (Å²) in [6.45, 7) is 1.53. The number of sulfonamides is 1. The van der Waals surface area contributed by atoms with Crippen molar-refractivity contribution in [2.75, 3.05) is 0 Å². The molecule has 5 nitrogen and oxygen atoms in total. The van der Waals surface area contributed by atoms with Crippen LogP contribution in [0.3, 0.4) is 0 Å². The highest BCUT2D eigenvalue weighted by Gasteiger charge is 2.15. The molecule has 0 spiro atoms. The van der Waals surface area contributed by atoms with Crippen LogP contribution in [0, 0.1) is 12.7 Å². The fraction of sp³-hybridized carbons (Fsp3) is 0.125. The van der Waals surface area contributed by atoms with Gasteiger partial charge in [-0.2, -0.15) is 0 Å². The summed E-state index contributed by atoms with van der Waals surface area (Å²) in [6, 6.07) is 11.0. The monoisotopic (exact) mass is 331 g/mol. The van der Waals surface area contributed by atoms with Gasteiger partial charge in [-0.3, -0.25) is 4.98 Å². The highest BCUT2D eigenvalue weighted by Crippen LogP contribution is 2.15. The van der Waals surface area contributed by atoms with Gasteiger partial charge in [0.2, 0.25) is 10.0 Å². The van der Waals surface area contributed by atoms with Crippen LogP contribution in [0.15, 0.2) is 53.6 Å². The van der Waals surface area contributed by atoms with Crippen LogP contribution in [-0.4, -0.2) is 18.4 Å². The van der Waals surface area contributed by atoms with Crippen molar-refractivity contribution in [1.82, 2.24) is 14.7 Å². The zero-order chi connectivity index (χ0) is 16.4. The van der Waals surface area contributed by atoms with E-state index in [1.54, 1.807) is 0 Å². The number of hydrogen-bond acceptors (Lipinski definition) is 4. The number of nitrogens with one attached hydrogen (secondary N) is 1. The second-order valence-corrected chi connectivity index (χ2v) is 6.85. The first-order valence-corrected chi connectivity index (χ1v) is 8.40. The van der Waals surface area contributed by atoms with Gasteiger partial charge >= 0.3 is 0 Å². The van der Waals surface area contributed by atoms with E-state index in [2.05, 4.69) is 14.7 Å². The normalized spacial score (nSPS) is 11.7. The molecule has 0 unspecified atom stereocenters. The Morgan fingerprint density at radius 2 is 1.87 bits per heavy atom. The van der Waals surface area contributed by atoms with Gasteiger partial charge in [0, 0.05) is 0 Å². The zero-order valence-corrected chi connectivity index (χ0v) is 13.1. The molecule has 0 amide bonds. The standard InChI is InChI=1S/C16H14FN3O2S/c1-11-8-13(6-7-14(11)17)23(21,22)19-10-12-9-18-15-4-2-3-5-16(15)20-12/h2-9,19H,10H2,1H3. The molecule has 3 rings (SSSR count). The first-order chi connectivity index (χ1) is 11.0.